The van der Waals surface area contributed by atoms with Crippen LogP contribution in [0.15, 0.2) is 0 Å². The van der Waals surface area contributed by atoms with Gasteiger partial charge in [0.25, 0.3) is 0 Å². The molecule has 1 saturated carbocycles. The highest BCUT2D eigenvalue weighted by atomic mass is 16.3. The zero-order valence-corrected chi connectivity index (χ0v) is 5.34. The molecule has 1 fully saturated rings. The first-order chi connectivity index (χ1) is 4.33. The summed E-state index contributed by atoms with van der Waals surface area (Å²) in [5, 5.41) is 19.1. The SMILES string of the molecule is N#CC1CCC([O])CC1. The lowest BCUT2D eigenvalue weighted by molar-refractivity contribution is 0.0490. The van der Waals surface area contributed by atoms with Crippen molar-refractivity contribution in [3.05, 3.63) is 0 Å². The van der Waals surface area contributed by atoms with Crippen molar-refractivity contribution in [2.24, 2.45) is 5.92 Å². The number of nitriles is 1. The first kappa shape index (κ1) is 6.57. The summed E-state index contributed by atoms with van der Waals surface area (Å²) in [5.41, 5.74) is 0. The Balaban J connectivity index is 2.28. The first-order valence-electron chi connectivity index (χ1n) is 3.38. The van der Waals surface area contributed by atoms with E-state index >= 15 is 0 Å². The maximum Gasteiger partial charge on any atom is 0.0931 e. The van der Waals surface area contributed by atoms with Gasteiger partial charge in [0.05, 0.1) is 12.2 Å². The van der Waals surface area contributed by atoms with E-state index in [9.17, 15) is 5.11 Å². The van der Waals surface area contributed by atoms with Gasteiger partial charge in [0.2, 0.25) is 0 Å². The first-order valence-corrected chi connectivity index (χ1v) is 3.38. The minimum atomic E-state index is -0.380. The van der Waals surface area contributed by atoms with Gasteiger partial charge in [-0.3, -0.25) is 0 Å². The van der Waals surface area contributed by atoms with Crippen LogP contribution in [0.2, 0.25) is 0 Å². The fraction of sp³-hybridized carbons (Fsp3) is 0.857. The van der Waals surface area contributed by atoms with Crippen LogP contribution in [0, 0.1) is 17.2 Å². The average Bonchev–Trinajstić information content (AvgIpc) is 1.90. The molecule has 0 heterocycles. The predicted octanol–water partition coefficient (Wildman–Crippen LogP) is 1.50. The van der Waals surface area contributed by atoms with E-state index in [-0.39, 0.29) is 12.0 Å². The highest BCUT2D eigenvalue weighted by Gasteiger charge is 2.19. The molecule has 0 N–H and O–H groups in total. The largest absolute Gasteiger partial charge is 0.233 e. The second-order valence-electron chi connectivity index (χ2n) is 2.60. The van der Waals surface area contributed by atoms with E-state index in [0.717, 1.165) is 12.8 Å². The van der Waals surface area contributed by atoms with Crippen molar-refractivity contribution in [1.82, 2.24) is 0 Å². The van der Waals surface area contributed by atoms with E-state index in [1.54, 1.807) is 0 Å². The highest BCUT2D eigenvalue weighted by Crippen LogP contribution is 2.23. The summed E-state index contributed by atoms with van der Waals surface area (Å²) in [4.78, 5) is 0. The van der Waals surface area contributed by atoms with Crippen molar-refractivity contribution in [1.29, 1.82) is 5.26 Å². The summed E-state index contributed by atoms with van der Waals surface area (Å²) >= 11 is 0. The summed E-state index contributed by atoms with van der Waals surface area (Å²) in [6, 6.07) is 2.19. The van der Waals surface area contributed by atoms with Gasteiger partial charge in [-0.05, 0) is 25.7 Å². The van der Waals surface area contributed by atoms with E-state index in [1.165, 1.54) is 0 Å². The molecule has 0 atom stereocenters. The summed E-state index contributed by atoms with van der Waals surface area (Å²) in [7, 11) is 0. The van der Waals surface area contributed by atoms with E-state index in [4.69, 9.17) is 5.26 Å². The Kier molecular flexibility index (Phi) is 2.07. The number of nitrogens with zero attached hydrogens (tertiary/aromatic N) is 1. The molecule has 0 aromatic rings. The molecule has 49 valence electrons. The molecule has 2 nitrogen and oxygen atoms in total. The molecule has 0 aromatic heterocycles. The zero-order chi connectivity index (χ0) is 6.69. The Hall–Kier alpha value is -0.550. The Morgan fingerprint density at radius 1 is 1.22 bits per heavy atom. The van der Waals surface area contributed by atoms with Crippen molar-refractivity contribution >= 4 is 0 Å². The summed E-state index contributed by atoms with van der Waals surface area (Å²) in [5.74, 6) is 0.176. The molecule has 9 heavy (non-hydrogen) atoms. The van der Waals surface area contributed by atoms with E-state index < -0.39 is 0 Å². The van der Waals surface area contributed by atoms with Crippen molar-refractivity contribution in [3.63, 3.8) is 0 Å². The lowest BCUT2D eigenvalue weighted by atomic mass is 9.89. The third-order valence-corrected chi connectivity index (χ3v) is 1.86. The molecule has 1 radical (unpaired) electrons. The number of rotatable bonds is 0. The zero-order valence-electron chi connectivity index (χ0n) is 5.34. The molecule has 0 spiro atoms. The monoisotopic (exact) mass is 124 g/mol. The van der Waals surface area contributed by atoms with Gasteiger partial charge in [-0.1, -0.05) is 0 Å². The van der Waals surface area contributed by atoms with Crippen molar-refractivity contribution in [3.8, 4) is 6.07 Å². The standard InChI is InChI=1S/C7H10NO/c8-5-6-1-3-7(9)4-2-6/h6-7H,1-4H2. The van der Waals surface area contributed by atoms with Crippen molar-refractivity contribution in [2.45, 2.75) is 31.8 Å². The Morgan fingerprint density at radius 2 is 1.78 bits per heavy atom. The quantitative estimate of drug-likeness (QED) is 0.482. The Bertz CT molecular complexity index is 119. The molecule has 0 unspecified atom stereocenters. The van der Waals surface area contributed by atoms with Crippen LogP contribution in [0.25, 0.3) is 0 Å². The van der Waals surface area contributed by atoms with E-state index in [1.807, 2.05) is 0 Å². The van der Waals surface area contributed by atoms with Gasteiger partial charge in [0.15, 0.2) is 0 Å². The van der Waals surface area contributed by atoms with Gasteiger partial charge in [0, 0.05) is 5.92 Å². The summed E-state index contributed by atoms with van der Waals surface area (Å²) in [6.07, 6.45) is 2.68. The van der Waals surface area contributed by atoms with Crippen LogP contribution < -0.4 is 0 Å². The number of hydrogen-bond donors (Lipinski definition) is 0. The topological polar surface area (TPSA) is 43.7 Å². The predicted molar refractivity (Wildman–Crippen MR) is 32.0 cm³/mol. The molecule has 2 heteroatoms. The second kappa shape index (κ2) is 2.84. The van der Waals surface area contributed by atoms with Crippen molar-refractivity contribution in [2.75, 3.05) is 0 Å². The molecule has 1 aliphatic carbocycles. The second-order valence-corrected chi connectivity index (χ2v) is 2.60. The average molecular weight is 124 g/mol. The summed E-state index contributed by atoms with van der Waals surface area (Å²) < 4.78 is 0. The molecule has 1 aliphatic rings. The normalized spacial score (nSPS) is 35.6. The van der Waals surface area contributed by atoms with E-state index in [2.05, 4.69) is 6.07 Å². The molecule has 0 amide bonds. The lowest BCUT2D eigenvalue weighted by Gasteiger charge is -2.17. The van der Waals surface area contributed by atoms with Crippen LogP contribution in [0.3, 0.4) is 0 Å². The van der Waals surface area contributed by atoms with Gasteiger partial charge in [-0.2, -0.15) is 5.26 Å². The van der Waals surface area contributed by atoms with Gasteiger partial charge in [0.1, 0.15) is 0 Å². The van der Waals surface area contributed by atoms with Crippen molar-refractivity contribution < 1.29 is 5.11 Å². The summed E-state index contributed by atoms with van der Waals surface area (Å²) in [6.45, 7) is 0. The molecule has 0 saturated heterocycles. The van der Waals surface area contributed by atoms with Crippen LogP contribution >= 0.6 is 0 Å². The fourth-order valence-corrected chi connectivity index (χ4v) is 1.19. The molecular formula is C7H10NO. The van der Waals surface area contributed by atoms with E-state index in [0.29, 0.717) is 12.8 Å². The van der Waals surface area contributed by atoms with Crippen LogP contribution in [0.5, 0.6) is 0 Å². The molecule has 0 aromatic carbocycles. The van der Waals surface area contributed by atoms with Crippen LogP contribution in [-0.2, 0) is 5.11 Å². The maximum absolute atomic E-state index is 10.7. The van der Waals surface area contributed by atoms with Gasteiger partial charge in [-0.15, -0.1) is 0 Å². The third-order valence-electron chi connectivity index (χ3n) is 1.86. The van der Waals surface area contributed by atoms with Gasteiger partial charge >= 0.3 is 0 Å². The maximum atomic E-state index is 10.7. The highest BCUT2D eigenvalue weighted by molar-refractivity contribution is 4.86. The molecule has 0 bridgehead atoms. The Labute approximate surface area is 55.1 Å². The lowest BCUT2D eigenvalue weighted by Crippen LogP contribution is -2.15. The minimum absolute atomic E-state index is 0.176. The smallest absolute Gasteiger partial charge is 0.0931 e. The van der Waals surface area contributed by atoms with Gasteiger partial charge in [-0.25, -0.2) is 5.11 Å². The van der Waals surface area contributed by atoms with Gasteiger partial charge < -0.3 is 0 Å². The number of hydrogen-bond acceptors (Lipinski definition) is 1. The van der Waals surface area contributed by atoms with Crippen LogP contribution in [0.1, 0.15) is 25.7 Å². The molecule has 1 rings (SSSR count). The van der Waals surface area contributed by atoms with Crippen LogP contribution in [0.4, 0.5) is 0 Å². The molecule has 0 aliphatic heterocycles. The van der Waals surface area contributed by atoms with Crippen LogP contribution in [-0.4, -0.2) is 6.10 Å². The molecular weight excluding hydrogens is 114 g/mol. The third kappa shape index (κ3) is 1.69. The fourth-order valence-electron chi connectivity index (χ4n) is 1.19. The minimum Gasteiger partial charge on any atom is -0.233 e. The Morgan fingerprint density at radius 3 is 2.22 bits per heavy atom.